The first kappa shape index (κ1) is 19.3. The summed E-state index contributed by atoms with van der Waals surface area (Å²) in [6.45, 7) is 0. The zero-order valence-corrected chi connectivity index (χ0v) is 15.9. The van der Waals surface area contributed by atoms with E-state index in [-0.39, 0.29) is 11.3 Å². The Morgan fingerprint density at radius 3 is 2.44 bits per heavy atom. The van der Waals surface area contributed by atoms with E-state index in [0.717, 1.165) is 5.56 Å². The Morgan fingerprint density at radius 1 is 1.20 bits per heavy atom. The summed E-state index contributed by atoms with van der Waals surface area (Å²) in [6, 6.07) is 11.4. The number of carbonyl (C=O) groups is 1. The number of hydrogen-bond acceptors (Lipinski definition) is 4. The molecule has 2 aromatic carbocycles. The van der Waals surface area contributed by atoms with Crippen LogP contribution in [0.15, 0.2) is 51.8 Å². The molecule has 0 saturated carbocycles. The number of rotatable bonds is 8. The highest BCUT2D eigenvalue weighted by Crippen LogP contribution is 2.28. The fourth-order valence-electron chi connectivity index (χ4n) is 2.21. The first-order valence-corrected chi connectivity index (χ1v) is 9.76. The van der Waals surface area contributed by atoms with Crippen molar-refractivity contribution in [2.75, 3.05) is 11.8 Å². The Balaban J connectivity index is 2.07. The Kier molecular flexibility index (Phi) is 6.44. The van der Waals surface area contributed by atoms with Gasteiger partial charge in [-0.25, -0.2) is 8.42 Å². The number of hydrogen-bond donors (Lipinski definition) is 2. The lowest BCUT2D eigenvalue weighted by Crippen LogP contribution is -2.13. The predicted molar refractivity (Wildman–Crippen MR) is 98.5 cm³/mol. The summed E-state index contributed by atoms with van der Waals surface area (Å²) >= 11 is 3.27. The molecule has 0 aliphatic rings. The molecule has 0 bridgehead atoms. The molecule has 0 fully saturated rings. The van der Waals surface area contributed by atoms with E-state index in [1.807, 2.05) is 0 Å². The molecule has 25 heavy (non-hydrogen) atoms. The van der Waals surface area contributed by atoms with Crippen LogP contribution in [-0.4, -0.2) is 26.6 Å². The maximum absolute atomic E-state index is 12.4. The van der Waals surface area contributed by atoms with Crippen LogP contribution in [0.25, 0.3) is 0 Å². The van der Waals surface area contributed by atoms with Crippen molar-refractivity contribution in [3.63, 3.8) is 0 Å². The van der Waals surface area contributed by atoms with Gasteiger partial charge in [-0.3, -0.25) is 9.52 Å². The summed E-state index contributed by atoms with van der Waals surface area (Å²) in [5.41, 5.74) is 1.39. The SMILES string of the molecule is COc1ccc(S(=O)(=O)Nc2ccc(CCCC(=O)O)cc2)cc1Br. The second-order valence-corrected chi connectivity index (χ2v) is 7.88. The minimum Gasteiger partial charge on any atom is -0.496 e. The fourth-order valence-corrected chi connectivity index (χ4v) is 3.99. The van der Waals surface area contributed by atoms with Crippen molar-refractivity contribution in [3.05, 3.63) is 52.5 Å². The van der Waals surface area contributed by atoms with Gasteiger partial charge in [-0.15, -0.1) is 0 Å². The monoisotopic (exact) mass is 427 g/mol. The molecule has 0 radical (unpaired) electrons. The van der Waals surface area contributed by atoms with E-state index in [0.29, 0.717) is 28.8 Å². The van der Waals surface area contributed by atoms with E-state index in [2.05, 4.69) is 20.7 Å². The molecule has 0 aliphatic heterocycles. The standard InChI is InChI=1S/C17H18BrNO5S/c1-24-16-10-9-14(11-15(16)18)25(22,23)19-13-7-5-12(6-8-13)3-2-4-17(20)21/h5-11,19H,2-4H2,1H3,(H,20,21). The molecule has 134 valence electrons. The lowest BCUT2D eigenvalue weighted by molar-refractivity contribution is -0.137. The van der Waals surface area contributed by atoms with Crippen molar-refractivity contribution in [1.82, 2.24) is 0 Å². The Hall–Kier alpha value is -2.06. The number of halogens is 1. The zero-order chi connectivity index (χ0) is 18.4. The quantitative estimate of drug-likeness (QED) is 0.670. The highest BCUT2D eigenvalue weighted by molar-refractivity contribution is 9.10. The smallest absolute Gasteiger partial charge is 0.303 e. The molecule has 0 aliphatic carbocycles. The molecule has 0 amide bonds. The molecule has 0 heterocycles. The average Bonchev–Trinajstić information content (AvgIpc) is 2.56. The fraction of sp³-hybridized carbons (Fsp3) is 0.235. The highest BCUT2D eigenvalue weighted by atomic mass is 79.9. The number of methoxy groups -OCH3 is 1. The van der Waals surface area contributed by atoms with Gasteiger partial charge in [0.25, 0.3) is 10.0 Å². The molecule has 0 aromatic heterocycles. The maximum Gasteiger partial charge on any atom is 0.303 e. The van der Waals surface area contributed by atoms with Crippen molar-refractivity contribution in [3.8, 4) is 5.75 Å². The average molecular weight is 428 g/mol. The van der Waals surface area contributed by atoms with Gasteiger partial charge in [0, 0.05) is 12.1 Å². The Morgan fingerprint density at radius 2 is 1.88 bits per heavy atom. The van der Waals surface area contributed by atoms with Crippen molar-refractivity contribution >= 4 is 37.6 Å². The molecule has 0 saturated heterocycles. The molecule has 6 nitrogen and oxygen atoms in total. The van der Waals surface area contributed by atoms with Crippen LogP contribution in [0.3, 0.4) is 0 Å². The normalized spacial score (nSPS) is 11.1. The molecular weight excluding hydrogens is 410 g/mol. The molecule has 2 N–H and O–H groups in total. The summed E-state index contributed by atoms with van der Waals surface area (Å²) in [6.07, 6.45) is 1.28. The highest BCUT2D eigenvalue weighted by Gasteiger charge is 2.16. The van der Waals surface area contributed by atoms with Crippen molar-refractivity contribution in [2.45, 2.75) is 24.2 Å². The van der Waals surface area contributed by atoms with E-state index >= 15 is 0 Å². The van der Waals surface area contributed by atoms with Crippen LogP contribution in [0.2, 0.25) is 0 Å². The Labute approximate surface area is 155 Å². The van der Waals surface area contributed by atoms with Gasteiger partial charge in [0.05, 0.1) is 16.5 Å². The van der Waals surface area contributed by atoms with Gasteiger partial charge in [-0.05, 0) is 64.7 Å². The van der Waals surface area contributed by atoms with Gasteiger partial charge in [0.1, 0.15) is 5.75 Å². The van der Waals surface area contributed by atoms with Crippen LogP contribution >= 0.6 is 15.9 Å². The summed E-state index contributed by atoms with van der Waals surface area (Å²) in [5.74, 6) is -0.278. The number of aryl methyl sites for hydroxylation is 1. The van der Waals surface area contributed by atoms with E-state index in [4.69, 9.17) is 9.84 Å². The number of anilines is 1. The van der Waals surface area contributed by atoms with E-state index in [1.165, 1.54) is 19.2 Å². The minimum atomic E-state index is -3.72. The Bertz CT molecular complexity index is 850. The van der Waals surface area contributed by atoms with Gasteiger partial charge in [0.15, 0.2) is 0 Å². The zero-order valence-electron chi connectivity index (χ0n) is 13.5. The number of ether oxygens (including phenoxy) is 1. The second kappa shape index (κ2) is 8.35. The number of nitrogens with one attached hydrogen (secondary N) is 1. The first-order valence-electron chi connectivity index (χ1n) is 7.49. The van der Waals surface area contributed by atoms with Crippen LogP contribution < -0.4 is 9.46 Å². The predicted octanol–water partition coefficient (Wildman–Crippen LogP) is 3.67. The summed E-state index contributed by atoms with van der Waals surface area (Å²) in [7, 11) is -2.21. The van der Waals surface area contributed by atoms with Crippen LogP contribution in [-0.2, 0) is 21.2 Å². The van der Waals surface area contributed by atoms with Crippen LogP contribution in [0.5, 0.6) is 5.75 Å². The third-order valence-electron chi connectivity index (χ3n) is 3.50. The molecule has 0 spiro atoms. The summed E-state index contributed by atoms with van der Waals surface area (Å²) < 4.78 is 33.1. The largest absolute Gasteiger partial charge is 0.496 e. The molecule has 0 unspecified atom stereocenters. The van der Waals surface area contributed by atoms with Gasteiger partial charge >= 0.3 is 5.97 Å². The van der Waals surface area contributed by atoms with Crippen LogP contribution in [0.4, 0.5) is 5.69 Å². The third-order valence-corrected chi connectivity index (χ3v) is 5.49. The molecule has 2 rings (SSSR count). The second-order valence-electron chi connectivity index (χ2n) is 5.35. The number of carboxylic acids is 1. The molecule has 2 aromatic rings. The lowest BCUT2D eigenvalue weighted by Gasteiger charge is -2.10. The first-order chi connectivity index (χ1) is 11.8. The van der Waals surface area contributed by atoms with E-state index < -0.39 is 16.0 Å². The van der Waals surface area contributed by atoms with Crippen molar-refractivity contribution in [2.24, 2.45) is 0 Å². The summed E-state index contributed by atoms with van der Waals surface area (Å²) in [4.78, 5) is 10.6. The van der Waals surface area contributed by atoms with Crippen molar-refractivity contribution < 1.29 is 23.1 Å². The maximum atomic E-state index is 12.4. The van der Waals surface area contributed by atoms with Crippen LogP contribution in [0.1, 0.15) is 18.4 Å². The van der Waals surface area contributed by atoms with Gasteiger partial charge in [0.2, 0.25) is 0 Å². The minimum absolute atomic E-state index is 0.112. The number of carboxylic acid groups (broad SMARTS) is 1. The van der Waals surface area contributed by atoms with Gasteiger partial charge < -0.3 is 9.84 Å². The topological polar surface area (TPSA) is 92.7 Å². The lowest BCUT2D eigenvalue weighted by atomic mass is 10.1. The van der Waals surface area contributed by atoms with Gasteiger partial charge in [-0.1, -0.05) is 12.1 Å². The van der Waals surface area contributed by atoms with E-state index in [1.54, 1.807) is 30.3 Å². The molecular formula is C17H18BrNO5S. The molecule has 0 atom stereocenters. The van der Waals surface area contributed by atoms with E-state index in [9.17, 15) is 13.2 Å². The number of aliphatic carboxylic acids is 1. The van der Waals surface area contributed by atoms with Crippen LogP contribution in [0, 0.1) is 0 Å². The molecule has 8 heteroatoms. The van der Waals surface area contributed by atoms with Crippen molar-refractivity contribution in [1.29, 1.82) is 0 Å². The van der Waals surface area contributed by atoms with Gasteiger partial charge in [-0.2, -0.15) is 0 Å². The number of sulfonamides is 1. The third kappa shape index (κ3) is 5.47. The summed E-state index contributed by atoms with van der Waals surface area (Å²) in [5, 5.41) is 8.64. The number of benzene rings is 2.